The molecule has 0 unspecified atom stereocenters. The lowest BCUT2D eigenvalue weighted by Gasteiger charge is -2.41. The van der Waals surface area contributed by atoms with Crippen molar-refractivity contribution in [1.29, 1.82) is 0 Å². The quantitative estimate of drug-likeness (QED) is 0.445. The van der Waals surface area contributed by atoms with Crippen LogP contribution in [0, 0.1) is 0 Å². The molecule has 0 amide bonds. The van der Waals surface area contributed by atoms with Crippen molar-refractivity contribution in [2.24, 2.45) is 0 Å². The molecule has 2 N–H and O–H groups in total. The number of aliphatic hydroxyl groups excluding tert-OH is 2. The minimum Gasteiger partial charge on any atom is -0.394 e. The molecule has 1 aromatic heterocycles. The molecule has 0 saturated heterocycles. The molecule has 4 heteroatoms. The van der Waals surface area contributed by atoms with E-state index in [1.54, 1.807) is 11.3 Å². The van der Waals surface area contributed by atoms with Crippen LogP contribution in [-0.2, 0) is 18.6 Å². The smallest absolute Gasteiger partial charge is 0.103 e. The number of aliphatic hydroxyl groups is 2. The molecular weight excluding hydrogens is 378 g/mol. The van der Waals surface area contributed by atoms with Crippen molar-refractivity contribution in [3.8, 4) is 0 Å². The third-order valence-corrected chi connectivity index (χ3v) is 6.75. The fraction of sp³-hybridized carbons (Fsp3) is 0.200. The van der Waals surface area contributed by atoms with Crippen LogP contribution in [0.5, 0.6) is 0 Å². The Labute approximate surface area is 175 Å². The average Bonchev–Trinajstić information content (AvgIpc) is 3.21. The normalized spacial score (nSPS) is 12.0. The maximum atomic E-state index is 10.6. The van der Waals surface area contributed by atoms with Gasteiger partial charge in [0.15, 0.2) is 0 Å². The van der Waals surface area contributed by atoms with Gasteiger partial charge in [0.25, 0.3) is 0 Å². The van der Waals surface area contributed by atoms with Crippen LogP contribution in [0.2, 0.25) is 0 Å². The monoisotopic (exact) mass is 403 g/mol. The Morgan fingerprint density at radius 2 is 1.21 bits per heavy atom. The van der Waals surface area contributed by atoms with Gasteiger partial charge in [-0.15, -0.1) is 11.3 Å². The second-order valence-electron chi connectivity index (χ2n) is 7.32. The first kappa shape index (κ1) is 19.8. The Morgan fingerprint density at radius 3 is 1.72 bits per heavy atom. The van der Waals surface area contributed by atoms with Crippen LogP contribution in [0.3, 0.4) is 0 Å². The van der Waals surface area contributed by atoms with Gasteiger partial charge in [0, 0.05) is 22.7 Å². The predicted octanol–water partition coefficient (Wildman–Crippen LogP) is 4.78. The van der Waals surface area contributed by atoms with E-state index in [1.165, 1.54) is 0 Å². The maximum absolute atomic E-state index is 10.6. The van der Waals surface area contributed by atoms with Crippen molar-refractivity contribution in [1.82, 2.24) is 4.90 Å². The van der Waals surface area contributed by atoms with Crippen molar-refractivity contribution in [2.75, 3.05) is 13.2 Å². The molecule has 0 atom stereocenters. The fourth-order valence-corrected chi connectivity index (χ4v) is 5.00. The zero-order valence-electron chi connectivity index (χ0n) is 16.2. The lowest BCUT2D eigenvalue weighted by molar-refractivity contribution is -0.0260. The third kappa shape index (κ3) is 4.11. The van der Waals surface area contributed by atoms with Gasteiger partial charge in [-0.1, -0.05) is 78.9 Å². The minimum absolute atomic E-state index is 0.157. The van der Waals surface area contributed by atoms with Crippen LogP contribution < -0.4 is 0 Å². The highest BCUT2D eigenvalue weighted by atomic mass is 32.1. The summed E-state index contributed by atoms with van der Waals surface area (Å²) in [6.45, 7) is 0.947. The van der Waals surface area contributed by atoms with Gasteiger partial charge in [0.05, 0.1) is 13.2 Å². The number of rotatable bonds is 8. The standard InChI is InChI=1S/C25H25NO2S/c27-18-25(19-28,24-15-22-13-7-8-14-23(22)29-24)26(16-20-9-3-1-4-10-20)17-21-11-5-2-6-12-21/h1-15,27-28H,16-19H2. The second-order valence-corrected chi connectivity index (χ2v) is 8.41. The lowest BCUT2D eigenvalue weighted by atomic mass is 9.94. The third-order valence-electron chi connectivity index (χ3n) is 5.45. The Hall–Kier alpha value is -2.50. The molecule has 0 aliphatic carbocycles. The van der Waals surface area contributed by atoms with E-state index in [0.29, 0.717) is 13.1 Å². The molecule has 0 radical (unpaired) electrons. The molecule has 0 bridgehead atoms. The summed E-state index contributed by atoms with van der Waals surface area (Å²) in [5.41, 5.74) is 1.43. The van der Waals surface area contributed by atoms with Gasteiger partial charge in [-0.2, -0.15) is 0 Å². The lowest BCUT2D eigenvalue weighted by Crippen LogP contribution is -2.50. The fourth-order valence-electron chi connectivity index (χ4n) is 3.74. The highest BCUT2D eigenvalue weighted by molar-refractivity contribution is 7.19. The summed E-state index contributed by atoms with van der Waals surface area (Å²) in [6.07, 6.45) is 0. The van der Waals surface area contributed by atoms with Gasteiger partial charge < -0.3 is 10.2 Å². The van der Waals surface area contributed by atoms with Gasteiger partial charge in [-0.25, -0.2) is 0 Å². The summed E-state index contributed by atoms with van der Waals surface area (Å²) in [4.78, 5) is 3.18. The van der Waals surface area contributed by atoms with E-state index < -0.39 is 5.54 Å². The van der Waals surface area contributed by atoms with Crippen LogP contribution >= 0.6 is 11.3 Å². The van der Waals surface area contributed by atoms with E-state index in [0.717, 1.165) is 26.1 Å². The van der Waals surface area contributed by atoms with Gasteiger partial charge in [0.1, 0.15) is 5.54 Å². The number of nitrogens with zero attached hydrogens (tertiary/aromatic N) is 1. The number of thiophene rings is 1. The van der Waals surface area contributed by atoms with E-state index in [2.05, 4.69) is 47.4 Å². The van der Waals surface area contributed by atoms with Crippen LogP contribution in [0.4, 0.5) is 0 Å². The van der Waals surface area contributed by atoms with Crippen LogP contribution in [0.25, 0.3) is 10.1 Å². The molecule has 148 valence electrons. The van der Waals surface area contributed by atoms with E-state index in [9.17, 15) is 10.2 Å². The van der Waals surface area contributed by atoms with E-state index in [4.69, 9.17) is 0 Å². The summed E-state index contributed by atoms with van der Waals surface area (Å²) < 4.78 is 1.16. The molecule has 29 heavy (non-hydrogen) atoms. The first-order valence-corrected chi connectivity index (χ1v) is 10.6. The van der Waals surface area contributed by atoms with Crippen LogP contribution in [0.1, 0.15) is 16.0 Å². The predicted molar refractivity (Wildman–Crippen MR) is 120 cm³/mol. The summed E-state index contributed by atoms with van der Waals surface area (Å²) >= 11 is 1.64. The van der Waals surface area contributed by atoms with Crippen molar-refractivity contribution >= 4 is 21.4 Å². The number of hydrogen-bond acceptors (Lipinski definition) is 4. The average molecular weight is 404 g/mol. The Bertz CT molecular complexity index is 968. The second kappa shape index (κ2) is 8.89. The first-order valence-electron chi connectivity index (χ1n) is 9.79. The van der Waals surface area contributed by atoms with E-state index in [-0.39, 0.29) is 13.2 Å². The molecule has 3 aromatic carbocycles. The first-order chi connectivity index (χ1) is 14.2. The number of fused-ring (bicyclic) bond motifs is 1. The summed E-state index contributed by atoms with van der Waals surface area (Å²) in [5, 5.41) is 22.3. The van der Waals surface area contributed by atoms with Crippen LogP contribution in [0.15, 0.2) is 91.0 Å². The topological polar surface area (TPSA) is 43.7 Å². The summed E-state index contributed by atoms with van der Waals surface area (Å²) in [7, 11) is 0. The van der Waals surface area contributed by atoms with Gasteiger partial charge in [0.2, 0.25) is 0 Å². The molecule has 0 saturated carbocycles. The molecular formula is C25H25NO2S. The van der Waals surface area contributed by atoms with Gasteiger partial charge >= 0.3 is 0 Å². The van der Waals surface area contributed by atoms with Crippen molar-refractivity contribution in [3.63, 3.8) is 0 Å². The SMILES string of the molecule is OCC(CO)(c1cc2ccccc2s1)N(Cc1ccccc1)Cc1ccccc1. The van der Waals surface area contributed by atoms with Crippen molar-refractivity contribution in [2.45, 2.75) is 18.6 Å². The highest BCUT2D eigenvalue weighted by Crippen LogP contribution is 2.38. The Morgan fingerprint density at radius 1 is 0.690 bits per heavy atom. The molecule has 0 aliphatic rings. The Kier molecular flexibility index (Phi) is 6.07. The van der Waals surface area contributed by atoms with E-state index >= 15 is 0 Å². The zero-order chi connectivity index (χ0) is 20.1. The maximum Gasteiger partial charge on any atom is 0.103 e. The molecule has 4 rings (SSSR count). The Balaban J connectivity index is 1.79. The van der Waals surface area contributed by atoms with E-state index in [1.807, 2.05) is 48.5 Å². The van der Waals surface area contributed by atoms with Gasteiger partial charge in [-0.05, 0) is 28.6 Å². The number of hydrogen-bond donors (Lipinski definition) is 2. The minimum atomic E-state index is -0.866. The number of benzene rings is 3. The van der Waals surface area contributed by atoms with Gasteiger partial charge in [-0.3, -0.25) is 4.90 Å². The molecule has 0 aliphatic heterocycles. The summed E-state index contributed by atoms with van der Waals surface area (Å²) in [6, 6.07) is 30.7. The van der Waals surface area contributed by atoms with Crippen molar-refractivity contribution in [3.05, 3.63) is 107 Å². The molecule has 4 aromatic rings. The molecule has 3 nitrogen and oxygen atoms in total. The summed E-state index contributed by atoms with van der Waals surface area (Å²) in [5.74, 6) is 0. The zero-order valence-corrected chi connectivity index (χ0v) is 17.1. The molecule has 0 fully saturated rings. The molecule has 1 heterocycles. The van der Waals surface area contributed by atoms with Crippen molar-refractivity contribution < 1.29 is 10.2 Å². The van der Waals surface area contributed by atoms with Crippen LogP contribution in [-0.4, -0.2) is 28.3 Å². The molecule has 0 spiro atoms. The highest BCUT2D eigenvalue weighted by Gasteiger charge is 2.39. The largest absolute Gasteiger partial charge is 0.394 e.